The van der Waals surface area contributed by atoms with E-state index in [-0.39, 0.29) is 21.7 Å². The Bertz CT molecular complexity index is 1160. The van der Waals surface area contributed by atoms with E-state index in [1.807, 2.05) is 32.0 Å². The van der Waals surface area contributed by atoms with E-state index in [0.29, 0.717) is 10.5 Å². The maximum atomic E-state index is 12.7. The lowest BCUT2D eigenvalue weighted by atomic mass is 10.00. The monoisotopic (exact) mass is 417 g/mol. The molecular weight excluding hydrogens is 400 g/mol. The molecule has 28 heavy (non-hydrogen) atoms. The van der Waals surface area contributed by atoms with Crippen molar-refractivity contribution < 1.29 is 13.2 Å². The van der Waals surface area contributed by atoms with E-state index < -0.39 is 10.0 Å². The number of nitroso groups, excluding NO2 is 1. The molecule has 7 nitrogen and oxygen atoms in total. The highest BCUT2D eigenvalue weighted by atomic mass is 35.5. The average molecular weight is 418 g/mol. The molecule has 0 radical (unpaired) electrons. The van der Waals surface area contributed by atoms with Gasteiger partial charge in [0.2, 0.25) is 5.95 Å². The Kier molecular flexibility index (Phi) is 5.44. The Labute approximate surface area is 168 Å². The van der Waals surface area contributed by atoms with Crippen LogP contribution in [0.2, 0.25) is 5.15 Å². The average Bonchev–Trinajstić information content (AvgIpc) is 2.61. The van der Waals surface area contributed by atoms with Crippen LogP contribution in [0.3, 0.4) is 0 Å². The number of anilines is 1. The van der Waals surface area contributed by atoms with E-state index in [0.717, 1.165) is 16.7 Å². The van der Waals surface area contributed by atoms with Crippen molar-refractivity contribution >= 4 is 33.3 Å². The molecular formula is C19H18ClN4O3S+. The summed E-state index contributed by atoms with van der Waals surface area (Å²) in [5.74, 6) is -0.147. The van der Waals surface area contributed by atoms with E-state index in [1.54, 1.807) is 6.07 Å². The fourth-order valence-corrected chi connectivity index (χ4v) is 4.00. The highest BCUT2D eigenvalue weighted by Gasteiger charge is 2.20. The van der Waals surface area contributed by atoms with Gasteiger partial charge in [-0.1, -0.05) is 35.9 Å². The number of sulfonamides is 1. The summed E-state index contributed by atoms with van der Waals surface area (Å²) in [7, 11) is -2.72. The highest BCUT2D eigenvalue weighted by molar-refractivity contribution is 7.92. The van der Waals surface area contributed by atoms with Gasteiger partial charge in [-0.2, -0.15) is 0 Å². The minimum atomic E-state index is -4.00. The lowest BCUT2D eigenvalue weighted by molar-refractivity contribution is -0.428. The zero-order chi connectivity index (χ0) is 20.5. The topological polar surface area (TPSA) is 92.0 Å². The molecule has 0 fully saturated rings. The Morgan fingerprint density at radius 2 is 1.64 bits per heavy atom. The summed E-state index contributed by atoms with van der Waals surface area (Å²) >= 11 is 6.11. The molecule has 144 valence electrons. The first-order valence-electron chi connectivity index (χ1n) is 8.32. The highest BCUT2D eigenvalue weighted by Crippen LogP contribution is 2.28. The lowest BCUT2D eigenvalue weighted by Gasteiger charge is -2.12. The smallest absolute Gasteiger partial charge is 0.247 e. The summed E-state index contributed by atoms with van der Waals surface area (Å²) in [4.78, 5) is 19.7. The minimum absolute atomic E-state index is 0.0788. The SMILES string of the molecule is Cc1cccc(C)c1-c1cc(Cl)nc(NS(=O)(=O)c2cccc([N+](C)=O)c2)n1. The Morgan fingerprint density at radius 3 is 2.29 bits per heavy atom. The van der Waals surface area contributed by atoms with E-state index in [1.165, 1.54) is 31.3 Å². The first-order valence-corrected chi connectivity index (χ1v) is 10.2. The summed E-state index contributed by atoms with van der Waals surface area (Å²) in [6.07, 6.45) is 0. The molecule has 0 aliphatic carbocycles. The van der Waals surface area contributed by atoms with Crippen LogP contribution < -0.4 is 4.72 Å². The van der Waals surface area contributed by atoms with Gasteiger partial charge in [0, 0.05) is 33.4 Å². The van der Waals surface area contributed by atoms with Crippen LogP contribution >= 0.6 is 11.6 Å². The summed E-state index contributed by atoms with van der Waals surface area (Å²) < 4.78 is 28.3. The van der Waals surface area contributed by atoms with E-state index in [9.17, 15) is 13.3 Å². The van der Waals surface area contributed by atoms with Gasteiger partial charge in [-0.3, -0.25) is 0 Å². The molecule has 3 rings (SSSR count). The van der Waals surface area contributed by atoms with Crippen molar-refractivity contribution in [1.29, 1.82) is 0 Å². The maximum absolute atomic E-state index is 12.7. The van der Waals surface area contributed by atoms with Gasteiger partial charge in [0.1, 0.15) is 5.15 Å². The summed E-state index contributed by atoms with van der Waals surface area (Å²) in [5.41, 5.74) is 3.55. The Balaban J connectivity index is 2.02. The molecule has 0 saturated heterocycles. The van der Waals surface area contributed by atoms with Crippen molar-refractivity contribution in [2.24, 2.45) is 0 Å². The van der Waals surface area contributed by atoms with Gasteiger partial charge in [-0.05, 0) is 31.0 Å². The van der Waals surface area contributed by atoms with Gasteiger partial charge in [-0.15, -0.1) is 0 Å². The first kappa shape index (κ1) is 19.9. The third-order valence-electron chi connectivity index (χ3n) is 4.15. The standard InChI is InChI=1S/C19H18ClN4O3S/c1-12-6-4-7-13(2)18(12)16-11-17(20)22-19(21-16)23-28(26,27)15-9-5-8-14(10-15)24(3)25/h4-11H,1-3H3,(H,21,22,23)/q+1. The van der Waals surface area contributed by atoms with Crippen molar-refractivity contribution in [3.05, 3.63) is 69.7 Å². The number of hydrogen-bond acceptors (Lipinski definition) is 5. The molecule has 0 atom stereocenters. The largest absolute Gasteiger partial charge is 0.264 e. The minimum Gasteiger partial charge on any atom is -0.247 e. The number of aryl methyl sites for hydroxylation is 2. The van der Waals surface area contributed by atoms with Crippen molar-refractivity contribution in [1.82, 2.24) is 9.97 Å². The number of halogens is 1. The first-order chi connectivity index (χ1) is 13.2. The number of nitrogens with zero attached hydrogens (tertiary/aromatic N) is 3. The van der Waals surface area contributed by atoms with Crippen LogP contribution in [0.4, 0.5) is 11.6 Å². The predicted molar refractivity (Wildman–Crippen MR) is 108 cm³/mol. The van der Waals surface area contributed by atoms with Crippen molar-refractivity contribution in [2.75, 3.05) is 11.8 Å². The van der Waals surface area contributed by atoms with Crippen LogP contribution in [-0.4, -0.2) is 30.2 Å². The third-order valence-corrected chi connectivity index (χ3v) is 5.67. The summed E-state index contributed by atoms with van der Waals surface area (Å²) in [6.45, 7) is 3.88. The summed E-state index contributed by atoms with van der Waals surface area (Å²) in [5, 5.41) is 0.110. The van der Waals surface area contributed by atoms with Crippen LogP contribution in [0.15, 0.2) is 53.4 Å². The van der Waals surface area contributed by atoms with Crippen LogP contribution in [0.5, 0.6) is 0 Å². The molecule has 2 aromatic carbocycles. The zero-order valence-corrected chi connectivity index (χ0v) is 17.0. The van der Waals surface area contributed by atoms with Crippen molar-refractivity contribution in [2.45, 2.75) is 18.7 Å². The number of rotatable bonds is 5. The van der Waals surface area contributed by atoms with Gasteiger partial charge in [0.25, 0.3) is 15.7 Å². The molecule has 0 spiro atoms. The number of aromatic nitrogens is 2. The zero-order valence-electron chi connectivity index (χ0n) is 15.5. The normalized spacial score (nSPS) is 11.3. The Hall–Kier alpha value is -2.84. The number of hydrogen-bond donors (Lipinski definition) is 1. The second-order valence-corrected chi connectivity index (χ2v) is 8.34. The van der Waals surface area contributed by atoms with Crippen molar-refractivity contribution in [3.63, 3.8) is 0 Å². The predicted octanol–water partition coefficient (Wildman–Crippen LogP) is 4.25. The molecule has 1 N–H and O–H groups in total. The van der Waals surface area contributed by atoms with Gasteiger partial charge in [-0.25, -0.2) is 23.1 Å². The molecule has 0 bridgehead atoms. The van der Waals surface area contributed by atoms with Gasteiger partial charge < -0.3 is 0 Å². The van der Waals surface area contributed by atoms with Crippen LogP contribution in [0, 0.1) is 18.8 Å². The third kappa shape index (κ3) is 4.18. The van der Waals surface area contributed by atoms with E-state index in [4.69, 9.17) is 11.6 Å². The molecule has 1 aromatic heterocycles. The van der Waals surface area contributed by atoms with Gasteiger partial charge >= 0.3 is 0 Å². The molecule has 0 saturated carbocycles. The van der Waals surface area contributed by atoms with Gasteiger partial charge in [0.05, 0.1) is 10.6 Å². The lowest BCUT2D eigenvalue weighted by Crippen LogP contribution is -2.15. The second kappa shape index (κ2) is 7.65. The summed E-state index contributed by atoms with van der Waals surface area (Å²) in [6, 6.07) is 13.0. The van der Waals surface area contributed by atoms with E-state index >= 15 is 0 Å². The molecule has 1 heterocycles. The molecule has 3 aromatic rings. The maximum Gasteiger partial charge on any atom is 0.264 e. The number of nitrogens with one attached hydrogen (secondary N) is 1. The molecule has 0 unspecified atom stereocenters. The van der Waals surface area contributed by atoms with Crippen LogP contribution in [0.25, 0.3) is 11.3 Å². The van der Waals surface area contributed by atoms with E-state index in [2.05, 4.69) is 14.7 Å². The van der Waals surface area contributed by atoms with Crippen molar-refractivity contribution in [3.8, 4) is 11.3 Å². The fraction of sp³-hybridized carbons (Fsp3) is 0.158. The quantitative estimate of drug-likeness (QED) is 0.494. The molecule has 0 amide bonds. The number of benzene rings is 2. The fourth-order valence-electron chi connectivity index (χ4n) is 2.84. The van der Waals surface area contributed by atoms with Crippen LogP contribution in [-0.2, 0) is 10.0 Å². The van der Waals surface area contributed by atoms with Crippen LogP contribution in [0.1, 0.15) is 11.1 Å². The Morgan fingerprint density at radius 1 is 1.00 bits per heavy atom. The molecule has 9 heteroatoms. The second-order valence-electron chi connectivity index (χ2n) is 6.27. The molecule has 0 aliphatic rings. The van der Waals surface area contributed by atoms with Gasteiger partial charge in [0.15, 0.2) is 7.05 Å². The molecule has 0 aliphatic heterocycles.